The Bertz CT molecular complexity index is 547. The molecule has 0 fully saturated rings. The monoisotopic (exact) mass is 372 g/mol. The Hall–Kier alpha value is -0.450. The van der Waals surface area contributed by atoms with E-state index in [2.05, 4.69) is 37.9 Å². The quantitative estimate of drug-likeness (QED) is 0.667. The largest absolute Gasteiger partial charge is 0.288 e. The van der Waals surface area contributed by atoms with Gasteiger partial charge in [0.25, 0.3) is 0 Å². The third-order valence-corrected chi connectivity index (χ3v) is 5.61. The first kappa shape index (κ1) is 13.0. The molecule has 4 heteroatoms. The average Bonchev–Trinajstić information content (AvgIpc) is 2.57. The second kappa shape index (κ2) is 5.04. The van der Waals surface area contributed by atoms with Crippen LogP contribution in [0.1, 0.15) is 26.4 Å². The third kappa shape index (κ3) is 2.87. The van der Waals surface area contributed by atoms with E-state index in [1.54, 1.807) is 0 Å². The number of halogens is 2. The molecule has 1 aromatic heterocycles. The SMILES string of the molecule is Cc1cc(C)cc(C(=O)c2cc(Br)c(Br)s2)c1. The van der Waals surface area contributed by atoms with Crippen molar-refractivity contribution in [1.82, 2.24) is 0 Å². The molecule has 1 heterocycles. The van der Waals surface area contributed by atoms with Gasteiger partial charge in [-0.25, -0.2) is 0 Å². The fraction of sp³-hybridized carbons (Fsp3) is 0.154. The molecule has 0 radical (unpaired) electrons. The van der Waals surface area contributed by atoms with Gasteiger partial charge in [-0.3, -0.25) is 4.79 Å². The van der Waals surface area contributed by atoms with Gasteiger partial charge >= 0.3 is 0 Å². The number of carbonyl (C=O) groups excluding carboxylic acids is 1. The highest BCUT2D eigenvalue weighted by molar-refractivity contribution is 9.13. The van der Waals surface area contributed by atoms with E-state index in [0.717, 1.165) is 29.8 Å². The summed E-state index contributed by atoms with van der Waals surface area (Å²) in [5.41, 5.74) is 2.98. The predicted octanol–water partition coefficient (Wildman–Crippen LogP) is 5.12. The van der Waals surface area contributed by atoms with Gasteiger partial charge in [-0.2, -0.15) is 0 Å². The molecule has 0 saturated carbocycles. The number of benzene rings is 1. The average molecular weight is 374 g/mol. The fourth-order valence-electron chi connectivity index (χ4n) is 1.71. The lowest BCUT2D eigenvalue weighted by molar-refractivity contribution is 0.104. The molecule has 88 valence electrons. The van der Waals surface area contributed by atoms with Gasteiger partial charge in [0.1, 0.15) is 0 Å². The molecule has 0 N–H and O–H groups in total. The van der Waals surface area contributed by atoms with Crippen molar-refractivity contribution >= 4 is 49.0 Å². The highest BCUT2D eigenvalue weighted by atomic mass is 79.9. The van der Waals surface area contributed by atoms with Gasteiger partial charge in [0, 0.05) is 10.0 Å². The van der Waals surface area contributed by atoms with Gasteiger partial charge in [0.05, 0.1) is 8.66 Å². The van der Waals surface area contributed by atoms with Crippen LogP contribution in [0.3, 0.4) is 0 Å². The van der Waals surface area contributed by atoms with Gasteiger partial charge in [-0.15, -0.1) is 11.3 Å². The molecular formula is C13H10Br2OS. The zero-order valence-corrected chi connectivity index (χ0v) is 13.4. The number of aryl methyl sites for hydroxylation is 2. The molecule has 0 atom stereocenters. The fourth-order valence-corrected chi connectivity index (χ4v) is 3.70. The number of thiophene rings is 1. The summed E-state index contributed by atoms with van der Waals surface area (Å²) in [4.78, 5) is 13.0. The van der Waals surface area contributed by atoms with Crippen molar-refractivity contribution in [3.05, 3.63) is 54.1 Å². The normalized spacial score (nSPS) is 10.6. The Morgan fingerprint density at radius 2 is 1.65 bits per heavy atom. The van der Waals surface area contributed by atoms with Gasteiger partial charge < -0.3 is 0 Å². The minimum absolute atomic E-state index is 0.0770. The van der Waals surface area contributed by atoms with Crippen LogP contribution in [0.2, 0.25) is 0 Å². The lowest BCUT2D eigenvalue weighted by atomic mass is 10.0. The molecule has 0 saturated heterocycles. The molecule has 0 aliphatic rings. The third-order valence-electron chi connectivity index (χ3n) is 2.35. The van der Waals surface area contributed by atoms with Gasteiger partial charge in [0.15, 0.2) is 0 Å². The zero-order chi connectivity index (χ0) is 12.6. The molecule has 0 unspecified atom stereocenters. The maximum atomic E-state index is 12.3. The molecule has 0 amide bonds. The van der Waals surface area contributed by atoms with Crippen LogP contribution in [0.25, 0.3) is 0 Å². The Balaban J connectivity index is 2.43. The Morgan fingerprint density at radius 1 is 1.06 bits per heavy atom. The number of ketones is 1. The molecule has 17 heavy (non-hydrogen) atoms. The van der Waals surface area contributed by atoms with Crippen molar-refractivity contribution in [2.24, 2.45) is 0 Å². The topological polar surface area (TPSA) is 17.1 Å². The summed E-state index contributed by atoms with van der Waals surface area (Å²) in [6.07, 6.45) is 0. The molecule has 0 spiro atoms. The molecule has 2 rings (SSSR count). The van der Waals surface area contributed by atoms with Crippen molar-refractivity contribution in [3.63, 3.8) is 0 Å². The smallest absolute Gasteiger partial charge is 0.203 e. The highest BCUT2D eigenvalue weighted by Gasteiger charge is 2.14. The summed E-state index contributed by atoms with van der Waals surface area (Å²) in [7, 11) is 0. The molecule has 0 bridgehead atoms. The van der Waals surface area contributed by atoms with Gasteiger partial charge in [-0.1, -0.05) is 17.2 Å². The van der Waals surface area contributed by atoms with Crippen molar-refractivity contribution in [2.75, 3.05) is 0 Å². The van der Waals surface area contributed by atoms with E-state index in [1.165, 1.54) is 11.3 Å². The molecule has 1 nitrogen and oxygen atoms in total. The summed E-state index contributed by atoms with van der Waals surface area (Å²) in [6.45, 7) is 4.01. The van der Waals surface area contributed by atoms with Crippen LogP contribution in [-0.2, 0) is 0 Å². The van der Waals surface area contributed by atoms with E-state index >= 15 is 0 Å². The van der Waals surface area contributed by atoms with E-state index in [9.17, 15) is 4.79 Å². The number of hydrogen-bond acceptors (Lipinski definition) is 2. The summed E-state index contributed by atoms with van der Waals surface area (Å²) in [5, 5.41) is 0. The standard InChI is InChI=1S/C13H10Br2OS/c1-7-3-8(2)5-9(4-7)12(16)11-6-10(14)13(15)17-11/h3-6H,1-2H3. The van der Waals surface area contributed by atoms with E-state index in [0.29, 0.717) is 0 Å². The maximum Gasteiger partial charge on any atom is 0.203 e. The number of carbonyl (C=O) groups is 1. The van der Waals surface area contributed by atoms with Gasteiger partial charge in [-0.05, 0) is 63.9 Å². The van der Waals surface area contributed by atoms with E-state index < -0.39 is 0 Å². The minimum atomic E-state index is 0.0770. The summed E-state index contributed by atoms with van der Waals surface area (Å²) >= 11 is 8.25. The molecule has 2 aromatic rings. The molecule has 0 aliphatic carbocycles. The molecule has 0 aliphatic heterocycles. The summed E-state index contributed by atoms with van der Waals surface area (Å²) in [5.74, 6) is 0.0770. The zero-order valence-electron chi connectivity index (χ0n) is 9.38. The highest BCUT2D eigenvalue weighted by Crippen LogP contribution is 2.33. The first-order chi connectivity index (χ1) is 7.97. The number of rotatable bonds is 2. The van der Waals surface area contributed by atoms with Crippen molar-refractivity contribution < 1.29 is 4.79 Å². The number of hydrogen-bond donors (Lipinski definition) is 0. The molecular weight excluding hydrogens is 364 g/mol. The molecule has 1 aromatic carbocycles. The van der Waals surface area contributed by atoms with Crippen molar-refractivity contribution in [3.8, 4) is 0 Å². The first-order valence-corrected chi connectivity index (χ1v) is 7.45. The van der Waals surface area contributed by atoms with Crippen LogP contribution in [0.4, 0.5) is 0 Å². The van der Waals surface area contributed by atoms with Crippen molar-refractivity contribution in [1.29, 1.82) is 0 Å². The van der Waals surface area contributed by atoms with E-state index in [4.69, 9.17) is 0 Å². The predicted molar refractivity (Wildman–Crippen MR) is 79.1 cm³/mol. The second-order valence-electron chi connectivity index (χ2n) is 3.94. The maximum absolute atomic E-state index is 12.3. The van der Waals surface area contributed by atoms with Crippen LogP contribution in [-0.4, -0.2) is 5.78 Å². The lowest BCUT2D eigenvalue weighted by Crippen LogP contribution is -1.99. The van der Waals surface area contributed by atoms with Crippen LogP contribution in [0, 0.1) is 13.8 Å². The van der Waals surface area contributed by atoms with Crippen LogP contribution < -0.4 is 0 Å². The van der Waals surface area contributed by atoms with Crippen LogP contribution >= 0.6 is 43.2 Å². The van der Waals surface area contributed by atoms with Crippen molar-refractivity contribution in [2.45, 2.75) is 13.8 Å². The lowest BCUT2D eigenvalue weighted by Gasteiger charge is -2.02. The summed E-state index contributed by atoms with van der Waals surface area (Å²) in [6, 6.07) is 7.78. The Kier molecular flexibility index (Phi) is 3.85. The second-order valence-corrected chi connectivity index (χ2v) is 7.16. The van der Waals surface area contributed by atoms with E-state index in [-0.39, 0.29) is 5.78 Å². The van der Waals surface area contributed by atoms with E-state index in [1.807, 2.05) is 32.0 Å². The van der Waals surface area contributed by atoms with Gasteiger partial charge in [0.2, 0.25) is 5.78 Å². The Labute approximate surface area is 121 Å². The minimum Gasteiger partial charge on any atom is -0.288 e. The van der Waals surface area contributed by atoms with Crippen LogP contribution in [0.15, 0.2) is 32.5 Å². The first-order valence-electron chi connectivity index (χ1n) is 5.05. The Morgan fingerprint density at radius 3 is 2.12 bits per heavy atom. The summed E-state index contributed by atoms with van der Waals surface area (Å²) < 4.78 is 1.88. The van der Waals surface area contributed by atoms with Crippen LogP contribution in [0.5, 0.6) is 0 Å².